The molecule has 7 heteroatoms. The highest BCUT2D eigenvalue weighted by Gasteiger charge is 2.44. The van der Waals surface area contributed by atoms with E-state index in [-0.39, 0.29) is 6.54 Å². The molecule has 1 atom stereocenters. The lowest BCUT2D eigenvalue weighted by molar-refractivity contribution is -0.123. The van der Waals surface area contributed by atoms with Crippen LogP contribution in [0.2, 0.25) is 0 Å². The van der Waals surface area contributed by atoms with Crippen molar-refractivity contribution in [3.63, 3.8) is 0 Å². The standard InChI is InChI=1S/C7H11N3O4/c1-2-7(3-8-6(13)14)4(11)9-5(12)10-7/h8H,2-3H2,1H3,(H,13,14)(H2,9,10,11,12). The Balaban J connectivity index is 2.71. The first-order chi connectivity index (χ1) is 6.50. The molecule has 78 valence electrons. The van der Waals surface area contributed by atoms with E-state index in [0.29, 0.717) is 6.42 Å². The normalized spacial score (nSPS) is 25.5. The molecule has 4 N–H and O–H groups in total. The van der Waals surface area contributed by atoms with Crippen LogP contribution in [0.4, 0.5) is 9.59 Å². The lowest BCUT2D eigenvalue weighted by Crippen LogP contribution is -2.54. The molecule has 1 heterocycles. The van der Waals surface area contributed by atoms with Gasteiger partial charge in [0.2, 0.25) is 0 Å². The first kappa shape index (κ1) is 10.3. The van der Waals surface area contributed by atoms with Gasteiger partial charge in [-0.05, 0) is 6.42 Å². The molecule has 0 radical (unpaired) electrons. The van der Waals surface area contributed by atoms with Crippen molar-refractivity contribution in [2.75, 3.05) is 6.54 Å². The third-order valence-electron chi connectivity index (χ3n) is 2.16. The zero-order valence-electron chi connectivity index (χ0n) is 7.59. The quantitative estimate of drug-likeness (QED) is 0.450. The summed E-state index contributed by atoms with van der Waals surface area (Å²) < 4.78 is 0. The zero-order chi connectivity index (χ0) is 10.8. The minimum Gasteiger partial charge on any atom is -0.465 e. The number of imide groups is 1. The van der Waals surface area contributed by atoms with E-state index in [2.05, 4.69) is 16.0 Å². The van der Waals surface area contributed by atoms with Crippen molar-refractivity contribution < 1.29 is 19.5 Å². The molecule has 14 heavy (non-hydrogen) atoms. The number of nitrogens with one attached hydrogen (secondary N) is 3. The molecule has 0 saturated carbocycles. The summed E-state index contributed by atoms with van der Waals surface area (Å²) in [7, 11) is 0. The highest BCUT2D eigenvalue weighted by atomic mass is 16.4. The predicted molar refractivity (Wildman–Crippen MR) is 45.7 cm³/mol. The van der Waals surface area contributed by atoms with Crippen molar-refractivity contribution >= 4 is 18.0 Å². The molecule has 4 amide bonds. The molecule has 1 fully saturated rings. The molecule has 1 aliphatic rings. The Hall–Kier alpha value is -1.79. The van der Waals surface area contributed by atoms with Crippen LogP contribution in [0.3, 0.4) is 0 Å². The number of rotatable bonds is 3. The smallest absolute Gasteiger partial charge is 0.404 e. The summed E-state index contributed by atoms with van der Waals surface area (Å²) in [4.78, 5) is 32.4. The first-order valence-corrected chi connectivity index (χ1v) is 4.10. The zero-order valence-corrected chi connectivity index (χ0v) is 7.59. The summed E-state index contributed by atoms with van der Waals surface area (Å²) in [6.45, 7) is 1.56. The Kier molecular flexibility index (Phi) is 2.59. The number of urea groups is 1. The van der Waals surface area contributed by atoms with Crippen LogP contribution in [0.1, 0.15) is 13.3 Å². The molecule has 0 aromatic rings. The fourth-order valence-electron chi connectivity index (χ4n) is 1.25. The van der Waals surface area contributed by atoms with E-state index in [1.165, 1.54) is 0 Å². The molecule has 0 aliphatic carbocycles. The van der Waals surface area contributed by atoms with Crippen molar-refractivity contribution in [1.29, 1.82) is 0 Å². The fourth-order valence-corrected chi connectivity index (χ4v) is 1.25. The van der Waals surface area contributed by atoms with Crippen LogP contribution in [0.5, 0.6) is 0 Å². The summed E-state index contributed by atoms with van der Waals surface area (Å²) >= 11 is 0. The Morgan fingerprint density at radius 3 is 2.57 bits per heavy atom. The molecule has 1 saturated heterocycles. The number of hydrogen-bond acceptors (Lipinski definition) is 3. The topological polar surface area (TPSA) is 108 Å². The van der Waals surface area contributed by atoms with E-state index >= 15 is 0 Å². The van der Waals surface area contributed by atoms with Gasteiger partial charge in [0.15, 0.2) is 0 Å². The minimum atomic E-state index is -1.23. The summed E-state index contributed by atoms with van der Waals surface area (Å²) in [5.41, 5.74) is -1.14. The fraction of sp³-hybridized carbons (Fsp3) is 0.571. The van der Waals surface area contributed by atoms with Crippen LogP contribution in [-0.4, -0.2) is 35.2 Å². The summed E-state index contributed by atoms with van der Waals surface area (Å²) in [5.74, 6) is -0.501. The van der Waals surface area contributed by atoms with Crippen LogP contribution < -0.4 is 16.0 Å². The van der Waals surface area contributed by atoms with Gasteiger partial charge in [-0.15, -0.1) is 0 Å². The third-order valence-corrected chi connectivity index (χ3v) is 2.16. The van der Waals surface area contributed by atoms with E-state index < -0.39 is 23.6 Å². The lowest BCUT2D eigenvalue weighted by atomic mass is 9.97. The molecule has 1 rings (SSSR count). The molecular weight excluding hydrogens is 190 g/mol. The van der Waals surface area contributed by atoms with E-state index in [0.717, 1.165) is 0 Å². The lowest BCUT2D eigenvalue weighted by Gasteiger charge is -2.23. The van der Waals surface area contributed by atoms with Crippen LogP contribution in [0.25, 0.3) is 0 Å². The summed E-state index contributed by atoms with van der Waals surface area (Å²) in [6.07, 6.45) is -0.906. The van der Waals surface area contributed by atoms with Crippen LogP contribution in [0, 0.1) is 0 Å². The van der Waals surface area contributed by atoms with Gasteiger partial charge in [-0.25, -0.2) is 9.59 Å². The molecular formula is C7H11N3O4. The second kappa shape index (κ2) is 3.52. The first-order valence-electron chi connectivity index (χ1n) is 4.10. The van der Waals surface area contributed by atoms with Gasteiger partial charge in [0, 0.05) is 0 Å². The van der Waals surface area contributed by atoms with E-state index in [4.69, 9.17) is 5.11 Å². The number of carboxylic acid groups (broad SMARTS) is 1. The van der Waals surface area contributed by atoms with Gasteiger partial charge in [-0.3, -0.25) is 10.1 Å². The molecule has 0 aromatic heterocycles. The number of carbonyl (C=O) groups is 3. The molecule has 0 bridgehead atoms. The summed E-state index contributed by atoms with van der Waals surface area (Å²) in [6, 6.07) is -0.593. The van der Waals surface area contributed by atoms with Gasteiger partial charge >= 0.3 is 12.1 Å². The highest BCUT2D eigenvalue weighted by molar-refractivity contribution is 6.07. The summed E-state index contributed by atoms with van der Waals surface area (Å²) in [5, 5.41) is 14.9. The monoisotopic (exact) mass is 201 g/mol. The van der Waals surface area contributed by atoms with Gasteiger partial charge in [0.05, 0.1) is 6.54 Å². The maximum Gasteiger partial charge on any atom is 0.404 e. The predicted octanol–water partition coefficient (Wildman–Crippen LogP) is -0.758. The van der Waals surface area contributed by atoms with Gasteiger partial charge in [-0.1, -0.05) is 6.92 Å². The molecule has 1 aliphatic heterocycles. The molecule has 1 unspecified atom stereocenters. The highest BCUT2D eigenvalue weighted by Crippen LogP contribution is 2.13. The van der Waals surface area contributed by atoms with Gasteiger partial charge in [-0.2, -0.15) is 0 Å². The Morgan fingerprint density at radius 1 is 1.57 bits per heavy atom. The van der Waals surface area contributed by atoms with Crippen LogP contribution in [0.15, 0.2) is 0 Å². The van der Waals surface area contributed by atoms with Crippen LogP contribution >= 0.6 is 0 Å². The maximum absolute atomic E-state index is 11.3. The van der Waals surface area contributed by atoms with Crippen molar-refractivity contribution in [3.05, 3.63) is 0 Å². The van der Waals surface area contributed by atoms with Crippen LogP contribution in [-0.2, 0) is 4.79 Å². The average Bonchev–Trinajstić information content (AvgIpc) is 2.38. The Bertz CT molecular complexity index is 291. The Labute approximate surface area is 79.9 Å². The van der Waals surface area contributed by atoms with E-state index in [9.17, 15) is 14.4 Å². The minimum absolute atomic E-state index is 0.129. The SMILES string of the molecule is CCC1(CNC(=O)O)NC(=O)NC1=O. The number of hydrogen-bond donors (Lipinski definition) is 4. The number of amides is 4. The Morgan fingerprint density at radius 2 is 2.21 bits per heavy atom. The van der Waals surface area contributed by atoms with E-state index in [1.54, 1.807) is 6.92 Å². The second-order valence-corrected chi connectivity index (χ2v) is 3.00. The molecule has 0 spiro atoms. The van der Waals surface area contributed by atoms with Crippen molar-refractivity contribution in [1.82, 2.24) is 16.0 Å². The van der Waals surface area contributed by atoms with Crippen molar-refractivity contribution in [2.24, 2.45) is 0 Å². The van der Waals surface area contributed by atoms with E-state index in [1.807, 2.05) is 0 Å². The van der Waals surface area contributed by atoms with Crippen molar-refractivity contribution in [2.45, 2.75) is 18.9 Å². The number of carbonyl (C=O) groups excluding carboxylic acids is 2. The van der Waals surface area contributed by atoms with Gasteiger partial charge < -0.3 is 15.7 Å². The molecule has 7 nitrogen and oxygen atoms in total. The molecule has 0 aromatic carbocycles. The maximum atomic E-state index is 11.3. The second-order valence-electron chi connectivity index (χ2n) is 3.00. The largest absolute Gasteiger partial charge is 0.465 e. The van der Waals surface area contributed by atoms with Crippen molar-refractivity contribution in [3.8, 4) is 0 Å². The third kappa shape index (κ3) is 1.76. The van der Waals surface area contributed by atoms with Gasteiger partial charge in [0.1, 0.15) is 5.54 Å². The van der Waals surface area contributed by atoms with Gasteiger partial charge in [0.25, 0.3) is 5.91 Å². The average molecular weight is 201 g/mol.